The molecule has 2 rings (SSSR count). The predicted octanol–water partition coefficient (Wildman–Crippen LogP) is 1.75. The highest BCUT2D eigenvalue weighted by Crippen LogP contribution is 2.22. The number of carboxylic acids is 1. The molecule has 0 bridgehead atoms. The van der Waals surface area contributed by atoms with Crippen molar-refractivity contribution in [3.05, 3.63) is 36.1 Å². The van der Waals surface area contributed by atoms with E-state index in [1.807, 2.05) is 0 Å². The van der Waals surface area contributed by atoms with Crippen LogP contribution in [0, 0.1) is 0 Å². The van der Waals surface area contributed by atoms with Crippen LogP contribution < -0.4 is 0 Å². The quantitative estimate of drug-likeness (QED) is 0.780. The van der Waals surface area contributed by atoms with Gasteiger partial charge in [0.2, 0.25) is 5.76 Å². The zero-order chi connectivity index (χ0) is 10.8. The lowest BCUT2D eigenvalue weighted by molar-refractivity contribution is 0.0652. The number of hydrogen-bond donors (Lipinski definition) is 2. The lowest BCUT2D eigenvalue weighted by Crippen LogP contribution is -1.91. The number of aromatic nitrogens is 1. The Hall–Kier alpha value is -2.30. The topological polar surface area (TPSA) is 83.6 Å². The summed E-state index contributed by atoms with van der Waals surface area (Å²) in [6.45, 7) is 0. The highest BCUT2D eigenvalue weighted by molar-refractivity contribution is 5.85. The summed E-state index contributed by atoms with van der Waals surface area (Å²) in [4.78, 5) is 10.5. The number of carbonyl (C=O) groups is 1. The number of phenolic OH excluding ortho intramolecular Hbond substituents is 1. The number of nitrogens with zero attached hydrogens (tertiary/aromatic N) is 1. The summed E-state index contributed by atoms with van der Waals surface area (Å²) in [5.41, 5.74) is 0.981. The molecule has 2 aromatic rings. The van der Waals surface area contributed by atoms with E-state index in [1.54, 1.807) is 12.1 Å². The van der Waals surface area contributed by atoms with Gasteiger partial charge in [-0.3, -0.25) is 0 Å². The molecular weight excluding hydrogens is 198 g/mol. The molecule has 0 aliphatic heterocycles. The van der Waals surface area contributed by atoms with Crippen LogP contribution in [0.2, 0.25) is 0 Å². The molecule has 0 saturated carbocycles. The van der Waals surface area contributed by atoms with E-state index in [1.165, 1.54) is 18.2 Å². The first-order chi connectivity index (χ1) is 7.16. The van der Waals surface area contributed by atoms with Crippen LogP contribution in [0.25, 0.3) is 11.3 Å². The van der Waals surface area contributed by atoms with Crippen molar-refractivity contribution in [3.8, 4) is 17.0 Å². The number of aromatic hydroxyl groups is 1. The second-order valence-corrected chi connectivity index (χ2v) is 2.93. The molecule has 0 fully saturated rings. The summed E-state index contributed by atoms with van der Waals surface area (Å²) in [6.07, 6.45) is 0. The van der Waals surface area contributed by atoms with Gasteiger partial charge in [0.25, 0.3) is 0 Å². The smallest absolute Gasteiger partial charge is 0.374 e. The van der Waals surface area contributed by atoms with E-state index < -0.39 is 5.97 Å². The van der Waals surface area contributed by atoms with E-state index in [0.29, 0.717) is 11.3 Å². The van der Waals surface area contributed by atoms with Gasteiger partial charge < -0.3 is 14.7 Å². The molecule has 0 unspecified atom stereocenters. The second kappa shape index (κ2) is 3.45. The molecule has 0 atom stereocenters. The van der Waals surface area contributed by atoms with Gasteiger partial charge in [-0.2, -0.15) is 0 Å². The van der Waals surface area contributed by atoms with Gasteiger partial charge in [0, 0.05) is 11.6 Å². The van der Waals surface area contributed by atoms with Crippen molar-refractivity contribution in [1.82, 2.24) is 5.16 Å². The number of hydrogen-bond acceptors (Lipinski definition) is 4. The lowest BCUT2D eigenvalue weighted by Gasteiger charge is -1.94. The first-order valence-electron chi connectivity index (χ1n) is 4.16. The van der Waals surface area contributed by atoms with E-state index in [9.17, 15) is 9.90 Å². The maximum Gasteiger partial charge on any atom is 0.374 e. The molecule has 76 valence electrons. The number of phenols is 1. The lowest BCUT2D eigenvalue weighted by atomic mass is 10.1. The molecule has 0 aliphatic rings. The van der Waals surface area contributed by atoms with Gasteiger partial charge in [-0.15, -0.1) is 0 Å². The summed E-state index contributed by atoms with van der Waals surface area (Å²) in [5.74, 6) is -1.31. The fourth-order valence-electron chi connectivity index (χ4n) is 1.18. The molecule has 0 saturated heterocycles. The van der Waals surface area contributed by atoms with E-state index in [2.05, 4.69) is 9.68 Å². The average Bonchev–Trinajstić information content (AvgIpc) is 2.66. The molecule has 0 radical (unpaired) electrons. The first kappa shape index (κ1) is 9.26. The molecule has 5 nitrogen and oxygen atoms in total. The van der Waals surface area contributed by atoms with E-state index >= 15 is 0 Å². The van der Waals surface area contributed by atoms with Crippen LogP contribution >= 0.6 is 0 Å². The minimum Gasteiger partial charge on any atom is -0.508 e. The summed E-state index contributed by atoms with van der Waals surface area (Å²) in [6, 6.07) is 7.63. The Balaban J connectivity index is 2.41. The third-order valence-electron chi connectivity index (χ3n) is 1.86. The van der Waals surface area contributed by atoms with Crippen molar-refractivity contribution in [2.75, 3.05) is 0 Å². The van der Waals surface area contributed by atoms with E-state index in [-0.39, 0.29) is 11.5 Å². The van der Waals surface area contributed by atoms with Gasteiger partial charge in [-0.25, -0.2) is 4.79 Å². The fourth-order valence-corrected chi connectivity index (χ4v) is 1.18. The number of rotatable bonds is 2. The van der Waals surface area contributed by atoms with Crippen molar-refractivity contribution in [1.29, 1.82) is 0 Å². The van der Waals surface area contributed by atoms with Crippen LogP contribution in [-0.2, 0) is 0 Å². The van der Waals surface area contributed by atoms with Crippen LogP contribution in [0.5, 0.6) is 5.75 Å². The Morgan fingerprint density at radius 2 is 2.13 bits per heavy atom. The number of benzene rings is 1. The van der Waals surface area contributed by atoms with Gasteiger partial charge in [0.15, 0.2) is 0 Å². The maximum atomic E-state index is 10.5. The van der Waals surface area contributed by atoms with Gasteiger partial charge in [-0.1, -0.05) is 17.3 Å². The van der Waals surface area contributed by atoms with Crippen molar-refractivity contribution in [2.24, 2.45) is 0 Å². The largest absolute Gasteiger partial charge is 0.508 e. The zero-order valence-electron chi connectivity index (χ0n) is 7.54. The molecule has 0 spiro atoms. The summed E-state index contributed by atoms with van der Waals surface area (Å²) < 4.78 is 4.59. The molecule has 1 heterocycles. The molecule has 1 aromatic heterocycles. The highest BCUT2D eigenvalue weighted by Gasteiger charge is 2.12. The van der Waals surface area contributed by atoms with Crippen molar-refractivity contribution < 1.29 is 19.5 Å². The van der Waals surface area contributed by atoms with Crippen molar-refractivity contribution >= 4 is 5.97 Å². The van der Waals surface area contributed by atoms with Crippen LogP contribution in [0.1, 0.15) is 10.6 Å². The van der Waals surface area contributed by atoms with Crippen molar-refractivity contribution in [2.45, 2.75) is 0 Å². The van der Waals surface area contributed by atoms with Crippen LogP contribution in [-0.4, -0.2) is 21.3 Å². The average molecular weight is 205 g/mol. The van der Waals surface area contributed by atoms with Crippen LogP contribution in [0.15, 0.2) is 34.9 Å². The molecule has 15 heavy (non-hydrogen) atoms. The summed E-state index contributed by atoms with van der Waals surface area (Å²) in [5, 5.41) is 21.4. The van der Waals surface area contributed by atoms with Gasteiger partial charge >= 0.3 is 5.97 Å². The molecule has 2 N–H and O–H groups in total. The Bertz CT molecular complexity index is 504. The Morgan fingerprint density at radius 3 is 2.73 bits per heavy atom. The highest BCUT2D eigenvalue weighted by atomic mass is 16.5. The molecular formula is C10H7NO4. The van der Waals surface area contributed by atoms with Gasteiger partial charge in [-0.05, 0) is 12.1 Å². The predicted molar refractivity (Wildman–Crippen MR) is 50.6 cm³/mol. The van der Waals surface area contributed by atoms with Crippen molar-refractivity contribution in [3.63, 3.8) is 0 Å². The Labute approximate surface area is 84.6 Å². The fraction of sp³-hybridized carbons (Fsp3) is 0. The molecule has 5 heteroatoms. The first-order valence-corrected chi connectivity index (χ1v) is 4.16. The van der Waals surface area contributed by atoms with Crippen LogP contribution in [0.4, 0.5) is 0 Å². The Morgan fingerprint density at radius 1 is 1.33 bits per heavy atom. The van der Waals surface area contributed by atoms with Crippen LogP contribution in [0.3, 0.4) is 0 Å². The zero-order valence-corrected chi connectivity index (χ0v) is 7.54. The monoisotopic (exact) mass is 205 g/mol. The SMILES string of the molecule is O=C(O)c1cc(-c2cccc(O)c2)no1. The van der Waals surface area contributed by atoms with E-state index in [4.69, 9.17) is 5.11 Å². The van der Waals surface area contributed by atoms with Gasteiger partial charge in [0.1, 0.15) is 11.4 Å². The molecule has 0 aliphatic carbocycles. The van der Waals surface area contributed by atoms with Gasteiger partial charge in [0.05, 0.1) is 0 Å². The number of aromatic carboxylic acids is 1. The molecule has 0 amide bonds. The summed E-state index contributed by atoms with van der Waals surface area (Å²) in [7, 11) is 0. The standard InChI is InChI=1S/C10H7NO4/c12-7-3-1-2-6(4-7)8-5-9(10(13)14)15-11-8/h1-5,12H,(H,13,14). The molecule has 1 aromatic carbocycles. The normalized spacial score (nSPS) is 10.1. The second-order valence-electron chi connectivity index (χ2n) is 2.93. The Kier molecular flexibility index (Phi) is 2.13. The van der Waals surface area contributed by atoms with E-state index in [0.717, 1.165) is 0 Å². The third kappa shape index (κ3) is 1.80. The third-order valence-corrected chi connectivity index (χ3v) is 1.86. The summed E-state index contributed by atoms with van der Waals surface area (Å²) >= 11 is 0. The minimum absolute atomic E-state index is 0.0902. The minimum atomic E-state index is -1.17. The number of carboxylic acid groups (broad SMARTS) is 1. The maximum absolute atomic E-state index is 10.5.